The van der Waals surface area contributed by atoms with E-state index in [1.807, 2.05) is 8.57 Å². The topological polar surface area (TPSA) is 81.1 Å². The minimum absolute atomic E-state index is 0.301. The number of rotatable bonds is 3. The van der Waals surface area contributed by atoms with Crippen molar-refractivity contribution >= 4 is 32.0 Å². The number of hydrogen-bond acceptors (Lipinski definition) is 3. The van der Waals surface area contributed by atoms with Crippen molar-refractivity contribution in [2.45, 2.75) is 12.5 Å². The van der Waals surface area contributed by atoms with E-state index in [2.05, 4.69) is 4.98 Å². The van der Waals surface area contributed by atoms with Crippen LogP contribution < -0.4 is 5.73 Å². The van der Waals surface area contributed by atoms with Crippen LogP contribution in [0.2, 0.25) is 0 Å². The molecule has 0 aliphatic carbocycles. The van der Waals surface area contributed by atoms with Crippen molar-refractivity contribution in [2.75, 3.05) is 0 Å². The first kappa shape index (κ1) is 9.65. The Morgan fingerprint density at radius 1 is 1.92 bits per heavy atom. The summed E-state index contributed by atoms with van der Waals surface area (Å²) in [6.45, 7) is 0. The van der Waals surface area contributed by atoms with Crippen LogP contribution in [0.3, 0.4) is 0 Å². The fraction of sp³-hybridized carbons (Fsp3) is 0.333. The van der Waals surface area contributed by atoms with Crippen LogP contribution in [0.25, 0.3) is 0 Å². The van der Waals surface area contributed by atoms with Crippen molar-refractivity contribution in [3.8, 4) is 0 Å². The van der Waals surface area contributed by atoms with Crippen molar-refractivity contribution < 1.29 is 9.90 Å². The van der Waals surface area contributed by atoms with Crippen molar-refractivity contribution in [2.24, 2.45) is 5.73 Å². The van der Waals surface area contributed by atoms with E-state index in [9.17, 15) is 4.79 Å². The number of nitrogens with two attached hydrogens (primary N) is 1. The molecule has 0 aliphatic heterocycles. The van der Waals surface area contributed by atoms with Gasteiger partial charge in [-0.3, -0.25) is 0 Å². The number of aliphatic carboxylic acids is 1. The molecule has 0 radical (unpaired) electrons. The van der Waals surface area contributed by atoms with Crippen LogP contribution in [0.15, 0.2) is 12.5 Å². The van der Waals surface area contributed by atoms with Crippen LogP contribution >= 0.6 is 0 Å². The summed E-state index contributed by atoms with van der Waals surface area (Å²) in [7, 11) is 0. The maximum atomic E-state index is 10.4. The normalized spacial score (nSPS) is 12.7. The van der Waals surface area contributed by atoms with Crippen LogP contribution in [0, 0.1) is 0 Å². The molecule has 62 valence electrons. The fourth-order valence-corrected chi connectivity index (χ4v) is 1.73. The Hall–Kier alpha value is -0.438. The summed E-state index contributed by atoms with van der Waals surface area (Å²) in [4.78, 5) is 14.4. The summed E-state index contributed by atoms with van der Waals surface area (Å²) >= 11 is 0.664. The molecule has 1 heterocycles. The van der Waals surface area contributed by atoms with Crippen LogP contribution in [-0.2, 0) is 11.2 Å². The molecule has 1 aromatic heterocycles. The zero-order valence-electron chi connectivity index (χ0n) is 6.34. The van der Waals surface area contributed by atoms with Crippen molar-refractivity contribution in [1.29, 1.82) is 0 Å². The van der Waals surface area contributed by atoms with Gasteiger partial charge in [0.2, 0.25) is 0 Å². The van der Waals surface area contributed by atoms with Crippen molar-refractivity contribution in [3.05, 3.63) is 18.2 Å². The summed E-state index contributed by atoms with van der Waals surface area (Å²) in [5, 5.41) is 8.50. The second-order valence-electron chi connectivity index (χ2n) is 2.46. The third-order valence-corrected chi connectivity index (χ3v) is 2.50. The molecule has 6 heteroatoms. The quantitative estimate of drug-likeness (QED) is 0.663. The van der Waals surface area contributed by atoms with Gasteiger partial charge in [0.1, 0.15) is 0 Å². The monoisotopic (exact) mass is 359 g/mol. The fourth-order valence-electron chi connectivity index (χ4n) is 0.798. The Morgan fingerprint density at radius 2 is 2.58 bits per heavy atom. The van der Waals surface area contributed by atoms with E-state index in [1.54, 1.807) is 6.33 Å². The molecule has 0 spiro atoms. The number of carboxylic acid groups (broad SMARTS) is 1. The summed E-state index contributed by atoms with van der Waals surface area (Å²) < 4.78 is 1.92. The van der Waals surface area contributed by atoms with Gasteiger partial charge in [0.05, 0.1) is 0 Å². The predicted octanol–water partition coefficient (Wildman–Crippen LogP) is -1.23. The Morgan fingerprint density at radius 3 is 3.00 bits per heavy atom. The van der Waals surface area contributed by atoms with E-state index in [-0.39, 0.29) is 0 Å². The molecule has 3 N–H and O–H groups in total. The Bertz CT molecular complexity index is 286. The first-order valence-corrected chi connectivity index (χ1v) is 5.36. The Balaban J connectivity index is 2.58. The molecule has 1 atom stereocenters. The average Bonchev–Trinajstić information content (AvgIpc) is 2.35. The summed E-state index contributed by atoms with van der Waals surface area (Å²) in [5.41, 5.74) is 6.07. The number of carbonyl (C=O) groups is 1. The third-order valence-electron chi connectivity index (χ3n) is 1.40. The van der Waals surface area contributed by atoms with Crippen LogP contribution in [0.4, 0.5) is 0 Å². The number of nitrogens with zero attached hydrogens (tertiary/aromatic N) is 2. The second-order valence-corrected chi connectivity index (χ2v) is 4.78. The van der Waals surface area contributed by atoms with Crippen molar-refractivity contribution in [3.63, 3.8) is 0 Å². The molecule has 0 bridgehead atoms. The van der Waals surface area contributed by atoms with Crippen LogP contribution in [0.1, 0.15) is 5.69 Å². The van der Waals surface area contributed by atoms with Gasteiger partial charge in [-0.25, -0.2) is 0 Å². The minimum atomic E-state index is -0.986. The van der Waals surface area contributed by atoms with Gasteiger partial charge in [0.15, 0.2) is 0 Å². The van der Waals surface area contributed by atoms with E-state index in [4.69, 9.17) is 10.8 Å². The molecule has 1 aromatic rings. The molecule has 0 saturated heterocycles. The van der Waals surface area contributed by atoms with Gasteiger partial charge in [-0.2, -0.15) is 0 Å². The molecule has 0 aliphatic rings. The van der Waals surface area contributed by atoms with Gasteiger partial charge in [0, 0.05) is 0 Å². The predicted molar refractivity (Wildman–Crippen MR) is 42.7 cm³/mol. The van der Waals surface area contributed by atoms with Gasteiger partial charge in [0.25, 0.3) is 0 Å². The average molecular weight is 359 g/mol. The SMILES string of the molecule is N[C@@H](Cc1c[n]([Tl])cn1)C(=O)O. The third kappa shape index (κ3) is 2.56. The van der Waals surface area contributed by atoms with Crippen LogP contribution in [-0.4, -0.2) is 50.5 Å². The first-order valence-electron chi connectivity index (χ1n) is 3.36. The van der Waals surface area contributed by atoms with Gasteiger partial charge < -0.3 is 0 Å². The van der Waals surface area contributed by atoms with E-state index >= 15 is 0 Å². The first-order chi connectivity index (χ1) is 5.59. The Labute approximate surface area is 85.7 Å². The van der Waals surface area contributed by atoms with Crippen LogP contribution in [0.5, 0.6) is 0 Å². The zero-order chi connectivity index (χ0) is 9.14. The molecule has 12 heavy (non-hydrogen) atoms. The molecule has 0 aromatic carbocycles. The van der Waals surface area contributed by atoms with Crippen molar-refractivity contribution in [1.82, 2.24) is 7.36 Å². The maximum absolute atomic E-state index is 10.4. The standard InChI is InChI=1S/C6H9N3O2.Tl/c7-5(6(10)11)1-4-2-8-3-9-4;/h2-3,5H,1,7H2,(H2,8,9,10,11);/q;+1/p-1/t5-;/m0./s1. The van der Waals surface area contributed by atoms with E-state index in [0.29, 0.717) is 32.5 Å². The number of aromatic nitrogens is 2. The molecule has 0 amide bonds. The van der Waals surface area contributed by atoms with Gasteiger partial charge in [-0.1, -0.05) is 0 Å². The summed E-state index contributed by atoms with van der Waals surface area (Å²) in [6, 6.07) is -0.843. The Kier molecular flexibility index (Phi) is 3.21. The zero-order valence-corrected chi connectivity index (χ0v) is 10.8. The molecule has 0 unspecified atom stereocenters. The van der Waals surface area contributed by atoms with E-state index in [1.165, 1.54) is 0 Å². The number of carboxylic acids is 1. The van der Waals surface area contributed by atoms with E-state index < -0.39 is 12.0 Å². The van der Waals surface area contributed by atoms with Gasteiger partial charge in [-0.05, 0) is 0 Å². The molecular formula is C6H8N3O2Tl. The molecule has 5 nitrogen and oxygen atoms in total. The molecule has 0 fully saturated rings. The molecule has 1 rings (SSSR count). The number of imidazole rings is 1. The van der Waals surface area contributed by atoms with E-state index in [0.717, 1.165) is 5.69 Å². The van der Waals surface area contributed by atoms with Gasteiger partial charge in [-0.15, -0.1) is 0 Å². The molecule has 0 saturated carbocycles. The summed E-state index contributed by atoms with van der Waals surface area (Å²) in [6.07, 6.45) is 3.82. The van der Waals surface area contributed by atoms with Gasteiger partial charge >= 0.3 is 85.7 Å². The number of hydrogen-bond donors (Lipinski definition) is 2. The summed E-state index contributed by atoms with van der Waals surface area (Å²) in [5.74, 6) is -0.986. The second kappa shape index (κ2) is 3.99. The molecular weight excluding hydrogens is 350 g/mol.